The third-order valence-electron chi connectivity index (χ3n) is 3.51. The number of aromatic nitrogens is 2. The summed E-state index contributed by atoms with van der Waals surface area (Å²) >= 11 is 1.15. The van der Waals surface area contributed by atoms with Gasteiger partial charge in [0.1, 0.15) is 18.2 Å². The number of anilines is 2. The van der Waals surface area contributed by atoms with Crippen LogP contribution in [0, 0.1) is 17.1 Å². The summed E-state index contributed by atoms with van der Waals surface area (Å²) in [5.74, 6) is -0.00545. The Labute approximate surface area is 158 Å². The molecule has 0 saturated heterocycles. The predicted octanol–water partition coefficient (Wildman–Crippen LogP) is 3.80. The SMILES string of the molecule is CN(C(=O)Nc1nnc(COc2cccc(F)c2)s1)c1cccc(C#N)c1. The number of nitrogens with one attached hydrogen (secondary N) is 1. The van der Waals surface area contributed by atoms with Gasteiger partial charge in [-0.05, 0) is 30.3 Å². The highest BCUT2D eigenvalue weighted by Gasteiger charge is 2.14. The Morgan fingerprint density at radius 2 is 2.11 bits per heavy atom. The molecule has 0 bridgehead atoms. The molecule has 0 atom stereocenters. The minimum Gasteiger partial charge on any atom is -0.486 e. The van der Waals surface area contributed by atoms with Crippen LogP contribution >= 0.6 is 11.3 Å². The lowest BCUT2D eigenvalue weighted by atomic mass is 10.2. The molecule has 2 aromatic carbocycles. The monoisotopic (exact) mass is 383 g/mol. The lowest BCUT2D eigenvalue weighted by Gasteiger charge is -2.17. The molecule has 1 N–H and O–H groups in total. The van der Waals surface area contributed by atoms with Crippen LogP contribution in [0.1, 0.15) is 10.6 Å². The molecule has 0 aliphatic heterocycles. The van der Waals surface area contributed by atoms with Crippen molar-refractivity contribution in [1.82, 2.24) is 10.2 Å². The molecule has 0 aliphatic rings. The quantitative estimate of drug-likeness (QED) is 0.724. The van der Waals surface area contributed by atoms with Crippen LogP contribution in [0.4, 0.5) is 20.0 Å². The molecule has 0 fully saturated rings. The summed E-state index contributed by atoms with van der Waals surface area (Å²) in [6.07, 6.45) is 0. The first-order chi connectivity index (χ1) is 13.0. The highest BCUT2D eigenvalue weighted by atomic mass is 32.1. The summed E-state index contributed by atoms with van der Waals surface area (Å²) in [6.45, 7) is 0.108. The third kappa shape index (κ3) is 4.77. The Balaban J connectivity index is 1.59. The number of amides is 2. The number of carbonyl (C=O) groups is 1. The molecule has 3 rings (SSSR count). The second-order valence-electron chi connectivity index (χ2n) is 5.40. The minimum atomic E-state index is -0.418. The van der Waals surface area contributed by atoms with E-state index in [2.05, 4.69) is 15.5 Å². The number of ether oxygens (including phenoxy) is 1. The van der Waals surface area contributed by atoms with E-state index in [-0.39, 0.29) is 12.4 Å². The molecule has 9 heteroatoms. The van der Waals surface area contributed by atoms with E-state index in [1.54, 1.807) is 43.4 Å². The number of hydrogen-bond acceptors (Lipinski definition) is 6. The van der Waals surface area contributed by atoms with Gasteiger partial charge in [-0.15, -0.1) is 10.2 Å². The van der Waals surface area contributed by atoms with Crippen LogP contribution in [-0.2, 0) is 6.61 Å². The lowest BCUT2D eigenvalue weighted by molar-refractivity contribution is 0.258. The van der Waals surface area contributed by atoms with Crippen molar-refractivity contribution in [3.05, 3.63) is 64.9 Å². The van der Waals surface area contributed by atoms with Gasteiger partial charge in [-0.3, -0.25) is 10.2 Å². The van der Waals surface area contributed by atoms with Crippen molar-refractivity contribution in [1.29, 1.82) is 5.26 Å². The molecule has 3 aromatic rings. The number of carbonyl (C=O) groups excluding carboxylic acids is 1. The highest BCUT2D eigenvalue weighted by Crippen LogP contribution is 2.20. The molecule has 0 saturated carbocycles. The van der Waals surface area contributed by atoms with Crippen LogP contribution in [0.15, 0.2) is 48.5 Å². The molecule has 0 spiro atoms. The maximum absolute atomic E-state index is 13.1. The number of hydrogen-bond donors (Lipinski definition) is 1. The molecule has 27 heavy (non-hydrogen) atoms. The number of nitrogens with zero attached hydrogens (tertiary/aromatic N) is 4. The molecule has 0 unspecified atom stereocenters. The van der Waals surface area contributed by atoms with Gasteiger partial charge in [0.2, 0.25) is 5.13 Å². The van der Waals surface area contributed by atoms with Crippen LogP contribution in [0.2, 0.25) is 0 Å². The molecule has 0 aliphatic carbocycles. The maximum atomic E-state index is 13.1. The standard InChI is InChI=1S/C18H14FN5O2S/c1-24(14-6-2-4-12(8-14)10-20)18(25)21-17-23-22-16(27-17)11-26-15-7-3-5-13(19)9-15/h2-9H,11H2,1H3,(H,21,23,25). The van der Waals surface area contributed by atoms with Crippen molar-refractivity contribution in [2.24, 2.45) is 0 Å². The molecular formula is C18H14FN5O2S. The van der Waals surface area contributed by atoms with E-state index in [9.17, 15) is 9.18 Å². The fourth-order valence-electron chi connectivity index (χ4n) is 2.14. The van der Waals surface area contributed by atoms with Crippen molar-refractivity contribution >= 4 is 28.2 Å². The summed E-state index contributed by atoms with van der Waals surface area (Å²) in [5, 5.41) is 20.3. The minimum absolute atomic E-state index is 0.108. The smallest absolute Gasteiger partial charge is 0.327 e. The van der Waals surface area contributed by atoms with Gasteiger partial charge in [-0.1, -0.05) is 23.5 Å². The highest BCUT2D eigenvalue weighted by molar-refractivity contribution is 7.15. The van der Waals surface area contributed by atoms with E-state index in [1.165, 1.54) is 17.0 Å². The third-order valence-corrected chi connectivity index (χ3v) is 4.32. The Hall–Kier alpha value is -3.51. The second-order valence-corrected chi connectivity index (χ2v) is 6.46. The molecule has 0 radical (unpaired) electrons. The number of benzene rings is 2. The van der Waals surface area contributed by atoms with Gasteiger partial charge in [0, 0.05) is 18.8 Å². The van der Waals surface area contributed by atoms with Gasteiger partial charge in [-0.2, -0.15) is 5.26 Å². The van der Waals surface area contributed by atoms with Crippen LogP contribution in [-0.4, -0.2) is 23.3 Å². The first-order valence-electron chi connectivity index (χ1n) is 7.81. The van der Waals surface area contributed by atoms with E-state index in [0.717, 1.165) is 11.3 Å². The van der Waals surface area contributed by atoms with Crippen molar-refractivity contribution in [2.75, 3.05) is 17.3 Å². The van der Waals surface area contributed by atoms with E-state index >= 15 is 0 Å². The van der Waals surface area contributed by atoms with Crippen molar-refractivity contribution < 1.29 is 13.9 Å². The van der Waals surface area contributed by atoms with Crippen molar-refractivity contribution in [3.63, 3.8) is 0 Å². The van der Waals surface area contributed by atoms with Gasteiger partial charge in [0.05, 0.1) is 11.6 Å². The average Bonchev–Trinajstić information content (AvgIpc) is 3.13. The average molecular weight is 383 g/mol. The number of rotatable bonds is 5. The summed E-state index contributed by atoms with van der Waals surface area (Å²) in [7, 11) is 1.58. The van der Waals surface area contributed by atoms with E-state index in [1.807, 2.05) is 6.07 Å². The van der Waals surface area contributed by atoms with Crippen LogP contribution < -0.4 is 15.0 Å². The summed E-state index contributed by atoms with van der Waals surface area (Å²) in [6, 6.07) is 14.1. The van der Waals surface area contributed by atoms with E-state index < -0.39 is 6.03 Å². The normalized spacial score (nSPS) is 10.1. The molecule has 1 heterocycles. The predicted molar refractivity (Wildman–Crippen MR) is 99.2 cm³/mol. The van der Waals surface area contributed by atoms with Gasteiger partial charge < -0.3 is 4.74 Å². The summed E-state index contributed by atoms with van der Waals surface area (Å²) in [4.78, 5) is 13.7. The second kappa shape index (κ2) is 8.25. The molecule has 7 nitrogen and oxygen atoms in total. The van der Waals surface area contributed by atoms with E-state index in [0.29, 0.717) is 27.1 Å². The number of nitriles is 1. The Morgan fingerprint density at radius 1 is 1.30 bits per heavy atom. The molecule has 136 valence electrons. The first-order valence-corrected chi connectivity index (χ1v) is 8.62. The first kappa shape index (κ1) is 18.3. The Morgan fingerprint density at radius 3 is 2.89 bits per heavy atom. The summed E-state index contributed by atoms with van der Waals surface area (Å²) < 4.78 is 18.6. The molecular weight excluding hydrogens is 369 g/mol. The van der Waals surface area contributed by atoms with Gasteiger partial charge in [0.25, 0.3) is 0 Å². The zero-order valence-electron chi connectivity index (χ0n) is 14.2. The summed E-state index contributed by atoms with van der Waals surface area (Å²) in [5.41, 5.74) is 1.03. The van der Waals surface area contributed by atoms with Crippen molar-refractivity contribution in [3.8, 4) is 11.8 Å². The van der Waals surface area contributed by atoms with Crippen LogP contribution in [0.3, 0.4) is 0 Å². The fraction of sp³-hybridized carbons (Fsp3) is 0.111. The maximum Gasteiger partial charge on any atom is 0.327 e. The number of halogens is 1. The topological polar surface area (TPSA) is 91.1 Å². The van der Waals surface area contributed by atoms with Crippen molar-refractivity contribution in [2.45, 2.75) is 6.61 Å². The Kier molecular flexibility index (Phi) is 5.58. The van der Waals surface area contributed by atoms with Gasteiger partial charge in [-0.25, -0.2) is 9.18 Å². The van der Waals surface area contributed by atoms with E-state index in [4.69, 9.17) is 10.00 Å². The van der Waals surface area contributed by atoms with Crippen LogP contribution in [0.5, 0.6) is 5.75 Å². The Bertz CT molecular complexity index is 1000. The van der Waals surface area contributed by atoms with Gasteiger partial charge in [0.15, 0.2) is 5.01 Å². The largest absolute Gasteiger partial charge is 0.486 e. The van der Waals surface area contributed by atoms with Gasteiger partial charge >= 0.3 is 6.03 Å². The zero-order valence-corrected chi connectivity index (χ0v) is 15.0. The zero-order chi connectivity index (χ0) is 19.2. The van der Waals surface area contributed by atoms with Crippen LogP contribution in [0.25, 0.3) is 0 Å². The number of urea groups is 1. The molecule has 2 amide bonds. The lowest BCUT2D eigenvalue weighted by Crippen LogP contribution is -2.31. The fourth-order valence-corrected chi connectivity index (χ4v) is 2.78. The molecule has 1 aromatic heterocycles.